The summed E-state index contributed by atoms with van der Waals surface area (Å²) in [6, 6.07) is 7.88. The van der Waals surface area contributed by atoms with Gasteiger partial charge in [0.15, 0.2) is 0 Å². The number of methoxy groups -OCH3 is 1. The number of carboxylic acids is 1. The van der Waals surface area contributed by atoms with Gasteiger partial charge in [-0.1, -0.05) is 12.1 Å². The van der Waals surface area contributed by atoms with Gasteiger partial charge in [0.1, 0.15) is 11.7 Å². The number of aliphatic carboxylic acids is 1. The lowest BCUT2D eigenvalue weighted by Gasteiger charge is -2.03. The zero-order chi connectivity index (χ0) is 14.1. The van der Waals surface area contributed by atoms with Crippen LogP contribution in [0.4, 0.5) is 0 Å². The molecule has 1 heterocycles. The number of thiazole rings is 1. The summed E-state index contributed by atoms with van der Waals surface area (Å²) in [5.41, 5.74) is 1.91. The summed E-state index contributed by atoms with van der Waals surface area (Å²) in [4.78, 5) is 16.8. The normalized spacial score (nSPS) is 16.9. The van der Waals surface area contributed by atoms with E-state index in [-0.39, 0.29) is 0 Å². The van der Waals surface area contributed by atoms with Crippen molar-refractivity contribution in [1.29, 1.82) is 0 Å². The fraction of sp³-hybridized carbons (Fsp3) is 0.333. The molecule has 2 aromatic rings. The maximum Gasteiger partial charge on any atom is 0.312 e. The van der Waals surface area contributed by atoms with Gasteiger partial charge in [-0.15, -0.1) is 11.3 Å². The summed E-state index contributed by atoms with van der Waals surface area (Å²) in [6.45, 7) is 0. The second-order valence-electron chi connectivity index (χ2n) is 4.87. The topological polar surface area (TPSA) is 59.4 Å². The molecule has 4 nitrogen and oxygen atoms in total. The van der Waals surface area contributed by atoms with E-state index >= 15 is 0 Å². The van der Waals surface area contributed by atoms with Gasteiger partial charge in [0.25, 0.3) is 0 Å². The molecule has 0 amide bonds. The number of aromatic nitrogens is 1. The number of carbonyl (C=O) groups is 1. The maximum absolute atomic E-state index is 11.2. The van der Waals surface area contributed by atoms with Crippen LogP contribution in [0.15, 0.2) is 24.3 Å². The molecule has 104 valence electrons. The molecule has 0 fully saturated rings. The molecule has 0 saturated carbocycles. The third-order valence-corrected chi connectivity index (χ3v) is 4.68. The Morgan fingerprint density at radius 2 is 2.40 bits per heavy atom. The van der Waals surface area contributed by atoms with Crippen molar-refractivity contribution in [2.75, 3.05) is 7.11 Å². The van der Waals surface area contributed by atoms with Crippen molar-refractivity contribution in [3.8, 4) is 5.75 Å². The van der Waals surface area contributed by atoms with Crippen molar-refractivity contribution in [2.45, 2.75) is 25.2 Å². The van der Waals surface area contributed by atoms with Gasteiger partial charge in [-0.05, 0) is 30.5 Å². The molecule has 0 spiro atoms. The monoisotopic (exact) mass is 289 g/mol. The van der Waals surface area contributed by atoms with Crippen LogP contribution in [0.2, 0.25) is 0 Å². The molecule has 0 saturated heterocycles. The fourth-order valence-corrected chi connectivity index (χ4v) is 3.73. The zero-order valence-corrected chi connectivity index (χ0v) is 11.9. The Bertz CT molecular complexity index is 650. The highest BCUT2D eigenvalue weighted by atomic mass is 32.1. The summed E-state index contributed by atoms with van der Waals surface area (Å²) < 4.78 is 5.21. The van der Waals surface area contributed by atoms with E-state index in [2.05, 4.69) is 4.98 Å². The van der Waals surface area contributed by atoms with Gasteiger partial charge in [-0.2, -0.15) is 0 Å². The van der Waals surface area contributed by atoms with E-state index in [1.807, 2.05) is 24.3 Å². The van der Waals surface area contributed by atoms with Gasteiger partial charge in [-0.25, -0.2) is 4.98 Å². The van der Waals surface area contributed by atoms with Gasteiger partial charge in [0, 0.05) is 11.3 Å². The van der Waals surface area contributed by atoms with Crippen LogP contribution >= 0.6 is 11.3 Å². The van der Waals surface area contributed by atoms with E-state index in [1.54, 1.807) is 18.4 Å². The second kappa shape index (κ2) is 5.25. The van der Waals surface area contributed by atoms with Gasteiger partial charge < -0.3 is 9.84 Å². The molecule has 3 rings (SSSR count). The summed E-state index contributed by atoms with van der Waals surface area (Å²) in [5, 5.41) is 10.2. The van der Waals surface area contributed by atoms with E-state index in [0.717, 1.165) is 39.7 Å². The third kappa shape index (κ3) is 2.41. The van der Waals surface area contributed by atoms with Crippen LogP contribution in [0.25, 0.3) is 0 Å². The molecular weight excluding hydrogens is 274 g/mol. The highest BCUT2D eigenvalue weighted by Gasteiger charge is 2.32. The third-order valence-electron chi connectivity index (χ3n) is 3.55. The Balaban J connectivity index is 1.82. The molecule has 1 atom stereocenters. The molecule has 0 aliphatic heterocycles. The lowest BCUT2D eigenvalue weighted by Crippen LogP contribution is -2.08. The van der Waals surface area contributed by atoms with Crippen LogP contribution in [-0.4, -0.2) is 23.2 Å². The number of hydrogen-bond acceptors (Lipinski definition) is 4. The minimum absolute atomic E-state index is 0.416. The largest absolute Gasteiger partial charge is 0.497 e. The first kappa shape index (κ1) is 13.1. The molecule has 20 heavy (non-hydrogen) atoms. The highest BCUT2D eigenvalue weighted by molar-refractivity contribution is 7.11. The zero-order valence-electron chi connectivity index (χ0n) is 11.1. The molecule has 0 radical (unpaired) electrons. The van der Waals surface area contributed by atoms with Crippen molar-refractivity contribution in [1.82, 2.24) is 4.98 Å². The lowest BCUT2D eigenvalue weighted by atomic mass is 10.1. The molecule has 0 bridgehead atoms. The quantitative estimate of drug-likeness (QED) is 0.940. The molecule has 1 aromatic heterocycles. The second-order valence-corrected chi connectivity index (χ2v) is 6.04. The van der Waals surface area contributed by atoms with Crippen molar-refractivity contribution < 1.29 is 14.6 Å². The SMILES string of the molecule is COc1cccc(Cc2nc3c(s2)CCC3C(=O)O)c1. The molecule has 1 unspecified atom stereocenters. The van der Waals surface area contributed by atoms with E-state index in [0.29, 0.717) is 6.42 Å². The standard InChI is InChI=1S/C15H15NO3S/c1-19-10-4-2-3-9(7-10)8-13-16-14-11(15(17)18)5-6-12(14)20-13/h2-4,7,11H,5-6,8H2,1H3,(H,17,18). The number of aryl methyl sites for hydroxylation is 1. The summed E-state index contributed by atoms with van der Waals surface area (Å²) in [7, 11) is 1.65. The maximum atomic E-state index is 11.2. The molecule has 5 heteroatoms. The molecule has 1 aliphatic carbocycles. The number of fused-ring (bicyclic) bond motifs is 1. The van der Waals surface area contributed by atoms with Crippen molar-refractivity contribution >= 4 is 17.3 Å². The van der Waals surface area contributed by atoms with Crippen LogP contribution < -0.4 is 4.74 Å². The Hall–Kier alpha value is -1.88. The Kier molecular flexibility index (Phi) is 3.44. The number of nitrogens with zero attached hydrogens (tertiary/aromatic N) is 1. The van der Waals surface area contributed by atoms with E-state index in [1.165, 1.54) is 0 Å². The minimum atomic E-state index is -0.762. The van der Waals surface area contributed by atoms with Crippen LogP contribution in [-0.2, 0) is 17.6 Å². The fourth-order valence-electron chi connectivity index (χ4n) is 2.55. The average molecular weight is 289 g/mol. The first-order valence-corrected chi connectivity index (χ1v) is 7.33. The van der Waals surface area contributed by atoms with Gasteiger partial charge >= 0.3 is 5.97 Å². The van der Waals surface area contributed by atoms with Crippen molar-refractivity contribution in [3.05, 3.63) is 45.4 Å². The smallest absolute Gasteiger partial charge is 0.312 e. The van der Waals surface area contributed by atoms with Crippen LogP contribution in [0.5, 0.6) is 5.75 Å². The molecule has 1 aromatic carbocycles. The van der Waals surface area contributed by atoms with E-state index in [4.69, 9.17) is 4.74 Å². The average Bonchev–Trinajstić information content (AvgIpc) is 2.98. The van der Waals surface area contributed by atoms with Crippen molar-refractivity contribution in [3.63, 3.8) is 0 Å². The summed E-state index contributed by atoms with van der Waals surface area (Å²) >= 11 is 1.64. The van der Waals surface area contributed by atoms with Crippen LogP contribution in [0.3, 0.4) is 0 Å². The number of rotatable bonds is 4. The predicted octanol–water partition coefficient (Wildman–Crippen LogP) is 2.86. The number of ether oxygens (including phenoxy) is 1. The lowest BCUT2D eigenvalue weighted by molar-refractivity contribution is -0.138. The number of carboxylic acid groups (broad SMARTS) is 1. The molecule has 1 aliphatic rings. The minimum Gasteiger partial charge on any atom is -0.497 e. The van der Waals surface area contributed by atoms with Gasteiger partial charge in [0.05, 0.1) is 17.8 Å². The summed E-state index contributed by atoms with van der Waals surface area (Å²) in [6.07, 6.45) is 2.24. The Morgan fingerprint density at radius 1 is 1.55 bits per heavy atom. The first-order chi connectivity index (χ1) is 9.67. The van der Waals surface area contributed by atoms with Crippen molar-refractivity contribution in [2.24, 2.45) is 0 Å². The van der Waals surface area contributed by atoms with E-state index < -0.39 is 11.9 Å². The van der Waals surface area contributed by atoms with Crippen LogP contribution in [0, 0.1) is 0 Å². The molecular formula is C15H15NO3S. The van der Waals surface area contributed by atoms with E-state index in [9.17, 15) is 9.90 Å². The first-order valence-electron chi connectivity index (χ1n) is 6.51. The predicted molar refractivity (Wildman–Crippen MR) is 76.6 cm³/mol. The van der Waals surface area contributed by atoms with Gasteiger partial charge in [-0.3, -0.25) is 4.79 Å². The van der Waals surface area contributed by atoms with Crippen LogP contribution in [0.1, 0.15) is 33.5 Å². The summed E-state index contributed by atoms with van der Waals surface area (Å²) in [5.74, 6) is -0.350. The van der Waals surface area contributed by atoms with Gasteiger partial charge in [0.2, 0.25) is 0 Å². The Morgan fingerprint density at radius 3 is 3.15 bits per heavy atom. The number of hydrogen-bond donors (Lipinski definition) is 1. The number of benzene rings is 1. The Labute approximate surface area is 121 Å². The highest BCUT2D eigenvalue weighted by Crippen LogP contribution is 2.37. The molecule has 1 N–H and O–H groups in total.